The van der Waals surface area contributed by atoms with E-state index in [-0.39, 0.29) is 23.7 Å². The van der Waals surface area contributed by atoms with Crippen molar-refractivity contribution >= 4 is 9.84 Å². The van der Waals surface area contributed by atoms with Crippen LogP contribution < -0.4 is 10.1 Å². The van der Waals surface area contributed by atoms with Gasteiger partial charge in [-0.15, -0.1) is 0 Å². The van der Waals surface area contributed by atoms with Crippen LogP contribution in [0.1, 0.15) is 24.4 Å². The van der Waals surface area contributed by atoms with E-state index in [1.54, 1.807) is 14.2 Å². The van der Waals surface area contributed by atoms with E-state index in [0.29, 0.717) is 6.61 Å². The highest BCUT2D eigenvalue weighted by atomic mass is 32.2. The first-order valence-corrected chi connectivity index (χ1v) is 8.99. The highest BCUT2D eigenvalue weighted by Gasteiger charge is 2.26. The molecule has 0 spiro atoms. The largest absolute Gasteiger partial charge is 0.497 e. The molecule has 2 atom stereocenters. The standard InChI is InChI=1S/C15H23NO4S/c1-16-15(12-5-7-13(19-2)8-6-12)11-21(17,18)10-14-4-3-9-20-14/h5-8,14-16H,3-4,9-11H2,1-2H3. The lowest BCUT2D eigenvalue weighted by molar-refractivity contribution is 0.127. The van der Waals surface area contributed by atoms with Crippen LogP contribution in [0.25, 0.3) is 0 Å². The van der Waals surface area contributed by atoms with Crippen molar-refractivity contribution in [3.63, 3.8) is 0 Å². The molecular weight excluding hydrogens is 290 g/mol. The van der Waals surface area contributed by atoms with E-state index in [9.17, 15) is 8.42 Å². The summed E-state index contributed by atoms with van der Waals surface area (Å²) in [7, 11) is 0.223. The molecule has 118 valence electrons. The maximum absolute atomic E-state index is 12.3. The Morgan fingerprint density at radius 3 is 2.62 bits per heavy atom. The molecule has 0 radical (unpaired) electrons. The lowest BCUT2D eigenvalue weighted by Crippen LogP contribution is -2.30. The average Bonchev–Trinajstić information content (AvgIpc) is 2.97. The first kappa shape index (κ1) is 16.3. The number of ether oxygens (including phenoxy) is 2. The van der Waals surface area contributed by atoms with Gasteiger partial charge in [-0.1, -0.05) is 12.1 Å². The average molecular weight is 313 g/mol. The van der Waals surface area contributed by atoms with Crippen LogP contribution in [0.3, 0.4) is 0 Å². The summed E-state index contributed by atoms with van der Waals surface area (Å²) < 4.78 is 35.2. The number of benzene rings is 1. The summed E-state index contributed by atoms with van der Waals surface area (Å²) in [5.41, 5.74) is 0.939. The molecule has 2 rings (SSSR count). The van der Waals surface area contributed by atoms with Crippen molar-refractivity contribution in [1.82, 2.24) is 5.32 Å². The minimum atomic E-state index is -3.16. The third-order valence-electron chi connectivity index (χ3n) is 3.75. The lowest BCUT2D eigenvalue weighted by Gasteiger charge is -2.18. The van der Waals surface area contributed by atoms with Gasteiger partial charge in [0.15, 0.2) is 9.84 Å². The van der Waals surface area contributed by atoms with Gasteiger partial charge in [-0.05, 0) is 37.6 Å². The Labute approximate surface area is 126 Å². The number of sulfone groups is 1. The molecule has 1 fully saturated rings. The van der Waals surface area contributed by atoms with E-state index in [2.05, 4.69) is 5.32 Å². The normalized spacial score (nSPS) is 20.4. The molecule has 0 saturated carbocycles. The molecule has 1 N–H and O–H groups in total. The SMILES string of the molecule is CNC(CS(=O)(=O)CC1CCCO1)c1ccc(OC)cc1. The Morgan fingerprint density at radius 1 is 1.38 bits per heavy atom. The summed E-state index contributed by atoms with van der Waals surface area (Å²) in [5, 5.41) is 3.08. The molecule has 1 aromatic carbocycles. The second-order valence-corrected chi connectivity index (χ2v) is 7.48. The molecule has 1 aromatic rings. The fourth-order valence-corrected chi connectivity index (χ4v) is 4.40. The van der Waals surface area contributed by atoms with E-state index in [1.807, 2.05) is 24.3 Å². The molecule has 1 heterocycles. The van der Waals surface area contributed by atoms with E-state index >= 15 is 0 Å². The Kier molecular flexibility index (Phi) is 5.61. The first-order chi connectivity index (χ1) is 10.0. The number of hydrogen-bond acceptors (Lipinski definition) is 5. The van der Waals surface area contributed by atoms with Gasteiger partial charge in [-0.3, -0.25) is 0 Å². The van der Waals surface area contributed by atoms with Crippen molar-refractivity contribution in [3.8, 4) is 5.75 Å². The summed E-state index contributed by atoms with van der Waals surface area (Å²) in [5.74, 6) is 0.952. The number of nitrogens with one attached hydrogen (secondary N) is 1. The predicted octanol–water partition coefficient (Wildman–Crippen LogP) is 1.55. The van der Waals surface area contributed by atoms with Crippen molar-refractivity contribution < 1.29 is 17.9 Å². The number of methoxy groups -OCH3 is 1. The minimum absolute atomic E-state index is 0.0791. The van der Waals surface area contributed by atoms with Gasteiger partial charge in [0.1, 0.15) is 5.75 Å². The molecular formula is C15H23NO4S. The van der Waals surface area contributed by atoms with Gasteiger partial charge >= 0.3 is 0 Å². The van der Waals surface area contributed by atoms with Crippen LogP contribution in [0, 0.1) is 0 Å². The van der Waals surface area contributed by atoms with Gasteiger partial charge < -0.3 is 14.8 Å². The molecule has 0 amide bonds. The predicted molar refractivity (Wildman–Crippen MR) is 82.4 cm³/mol. The molecule has 6 heteroatoms. The molecule has 5 nitrogen and oxygen atoms in total. The number of rotatable bonds is 7. The quantitative estimate of drug-likeness (QED) is 0.827. The summed E-state index contributed by atoms with van der Waals surface area (Å²) in [4.78, 5) is 0. The Balaban J connectivity index is 2.02. The Hall–Kier alpha value is -1.11. The summed E-state index contributed by atoms with van der Waals surface area (Å²) in [6, 6.07) is 7.24. The molecule has 1 aliphatic rings. The molecule has 1 saturated heterocycles. The molecule has 0 aliphatic carbocycles. The van der Waals surface area contributed by atoms with Crippen molar-refractivity contribution in [1.29, 1.82) is 0 Å². The molecule has 21 heavy (non-hydrogen) atoms. The van der Waals surface area contributed by atoms with Crippen LogP contribution >= 0.6 is 0 Å². The zero-order valence-corrected chi connectivity index (χ0v) is 13.4. The highest BCUT2D eigenvalue weighted by molar-refractivity contribution is 7.91. The van der Waals surface area contributed by atoms with Crippen LogP contribution in [-0.4, -0.2) is 46.8 Å². The van der Waals surface area contributed by atoms with Crippen molar-refractivity contribution in [2.45, 2.75) is 25.0 Å². The van der Waals surface area contributed by atoms with E-state index < -0.39 is 9.84 Å². The summed E-state index contributed by atoms with van der Waals surface area (Å²) in [6.45, 7) is 0.675. The van der Waals surface area contributed by atoms with Gasteiger partial charge in [0.2, 0.25) is 0 Å². The maximum Gasteiger partial charge on any atom is 0.154 e. The van der Waals surface area contributed by atoms with Crippen LogP contribution in [0.5, 0.6) is 5.75 Å². The molecule has 0 bridgehead atoms. The third kappa shape index (κ3) is 4.69. The first-order valence-electron chi connectivity index (χ1n) is 7.17. The molecule has 2 unspecified atom stereocenters. The van der Waals surface area contributed by atoms with Gasteiger partial charge in [0, 0.05) is 12.6 Å². The zero-order valence-electron chi connectivity index (χ0n) is 12.5. The lowest BCUT2D eigenvalue weighted by atomic mass is 10.1. The van der Waals surface area contributed by atoms with Gasteiger partial charge in [0.25, 0.3) is 0 Å². The smallest absolute Gasteiger partial charge is 0.154 e. The zero-order chi connectivity index (χ0) is 15.3. The molecule has 1 aliphatic heterocycles. The second-order valence-electron chi connectivity index (χ2n) is 5.33. The monoisotopic (exact) mass is 313 g/mol. The van der Waals surface area contributed by atoms with E-state index in [1.165, 1.54) is 0 Å². The highest BCUT2D eigenvalue weighted by Crippen LogP contribution is 2.21. The maximum atomic E-state index is 12.3. The Morgan fingerprint density at radius 2 is 2.10 bits per heavy atom. The van der Waals surface area contributed by atoms with Gasteiger partial charge in [-0.25, -0.2) is 8.42 Å². The minimum Gasteiger partial charge on any atom is -0.497 e. The Bertz CT molecular complexity index is 535. The third-order valence-corrected chi connectivity index (χ3v) is 5.47. The van der Waals surface area contributed by atoms with E-state index in [4.69, 9.17) is 9.47 Å². The van der Waals surface area contributed by atoms with Crippen LogP contribution in [-0.2, 0) is 14.6 Å². The second kappa shape index (κ2) is 7.24. The van der Waals surface area contributed by atoms with Crippen LogP contribution in [0.4, 0.5) is 0 Å². The fourth-order valence-electron chi connectivity index (χ4n) is 2.56. The van der Waals surface area contributed by atoms with Crippen molar-refractivity contribution in [2.75, 3.05) is 32.3 Å². The van der Waals surface area contributed by atoms with Crippen LogP contribution in [0.15, 0.2) is 24.3 Å². The van der Waals surface area contributed by atoms with Crippen molar-refractivity contribution in [2.24, 2.45) is 0 Å². The van der Waals surface area contributed by atoms with Crippen LogP contribution in [0.2, 0.25) is 0 Å². The fraction of sp³-hybridized carbons (Fsp3) is 0.600. The van der Waals surface area contributed by atoms with Crippen molar-refractivity contribution in [3.05, 3.63) is 29.8 Å². The molecule has 0 aromatic heterocycles. The van der Waals surface area contributed by atoms with E-state index in [0.717, 1.165) is 24.2 Å². The van der Waals surface area contributed by atoms with Gasteiger partial charge in [-0.2, -0.15) is 0 Å². The number of hydrogen-bond donors (Lipinski definition) is 1. The van der Waals surface area contributed by atoms with Gasteiger partial charge in [0.05, 0.1) is 24.7 Å². The summed E-state index contributed by atoms with van der Waals surface area (Å²) >= 11 is 0. The topological polar surface area (TPSA) is 64.6 Å². The summed E-state index contributed by atoms with van der Waals surface area (Å²) in [6.07, 6.45) is 1.66.